The molecule has 0 unspecified atom stereocenters. The smallest absolute Gasteiger partial charge is 0.333 e. The van der Waals surface area contributed by atoms with Gasteiger partial charge in [0.05, 0.1) is 15.6 Å². The molecule has 4 aliphatic rings. The van der Waals surface area contributed by atoms with Crippen LogP contribution in [0.4, 0.5) is 0 Å². The van der Waals surface area contributed by atoms with E-state index in [1.165, 1.54) is 45.5 Å². The van der Waals surface area contributed by atoms with E-state index in [-0.39, 0.29) is 43.2 Å². The fourth-order valence-corrected chi connectivity index (χ4v) is 9.43. The fourth-order valence-electron chi connectivity index (χ4n) is 5.31. The highest BCUT2D eigenvalue weighted by Gasteiger charge is 2.65. The SMILES string of the molecule is CC1(C)S[C@@H]2[C@H](N)C(=O)N2[C@H]1C(=O)OC(OC(=O)[C@@H]1N2C(=O)[C@@H](N)[C@H]2SC1(C)C)c1c(Cl)cc(Cl)cc1Cl. The minimum Gasteiger partial charge on any atom is -0.419 e. The number of amides is 2. The van der Waals surface area contributed by atoms with Gasteiger partial charge in [-0.3, -0.25) is 9.59 Å². The van der Waals surface area contributed by atoms with Crippen LogP contribution in [-0.4, -0.2) is 78.0 Å². The molecule has 4 saturated heterocycles. The van der Waals surface area contributed by atoms with E-state index in [0.717, 1.165) is 0 Å². The molecule has 38 heavy (non-hydrogen) atoms. The number of esters is 2. The Kier molecular flexibility index (Phi) is 6.90. The Morgan fingerprint density at radius 3 is 1.58 bits per heavy atom. The van der Waals surface area contributed by atoms with Gasteiger partial charge in [0.1, 0.15) is 34.9 Å². The molecule has 0 saturated carbocycles. The standard InChI is InChI=1S/C23H25Cl3N4O6S2/c1-22(2)13(29-15(31)11(27)17(29)37-22)19(33)35-21(10-8(25)5-7(24)6-9(10)26)36-20(34)14-23(3,4)38-18-12(28)16(32)30(14)18/h5-6,11-14,17-18,21H,27-28H2,1-4H3/t11-,12-,13+,14+,17-,18-/m1/s1. The summed E-state index contributed by atoms with van der Waals surface area (Å²) in [6.45, 7) is 7.18. The summed E-state index contributed by atoms with van der Waals surface area (Å²) < 4.78 is 10.00. The number of rotatable bonds is 5. The van der Waals surface area contributed by atoms with Crippen molar-refractivity contribution in [1.29, 1.82) is 0 Å². The third-order valence-corrected chi connectivity index (χ3v) is 11.2. The van der Waals surface area contributed by atoms with Gasteiger partial charge in [-0.1, -0.05) is 34.8 Å². The molecular weight excluding hydrogens is 599 g/mol. The minimum atomic E-state index is -1.69. The van der Waals surface area contributed by atoms with Crippen LogP contribution in [0, 0.1) is 0 Å². The van der Waals surface area contributed by atoms with Gasteiger partial charge in [0.2, 0.25) is 11.8 Å². The molecule has 206 valence electrons. The van der Waals surface area contributed by atoms with Crippen LogP contribution in [0.25, 0.3) is 0 Å². The second-order valence-electron chi connectivity index (χ2n) is 10.6. The normalized spacial score (nSPS) is 32.5. The van der Waals surface area contributed by atoms with Gasteiger partial charge in [0.15, 0.2) is 0 Å². The predicted octanol–water partition coefficient (Wildman–Crippen LogP) is 2.51. The second-order valence-corrected chi connectivity index (χ2v) is 15.4. The van der Waals surface area contributed by atoms with E-state index in [1.54, 1.807) is 27.7 Å². The highest BCUT2D eigenvalue weighted by molar-refractivity contribution is 8.02. The molecule has 4 fully saturated rings. The topological polar surface area (TPSA) is 145 Å². The highest BCUT2D eigenvalue weighted by atomic mass is 35.5. The molecule has 2 amide bonds. The van der Waals surface area contributed by atoms with Crippen molar-refractivity contribution in [2.75, 3.05) is 0 Å². The molecule has 4 heterocycles. The molecule has 10 nitrogen and oxygen atoms in total. The van der Waals surface area contributed by atoms with Crippen molar-refractivity contribution in [2.45, 2.75) is 78.4 Å². The molecule has 0 radical (unpaired) electrons. The summed E-state index contributed by atoms with van der Waals surface area (Å²) in [6, 6.07) is -0.720. The lowest BCUT2D eigenvalue weighted by atomic mass is 9.96. The molecule has 1 aromatic rings. The van der Waals surface area contributed by atoms with Gasteiger partial charge in [-0.05, 0) is 39.8 Å². The minimum absolute atomic E-state index is 0.00211. The Balaban J connectivity index is 1.46. The van der Waals surface area contributed by atoms with Crippen molar-refractivity contribution in [2.24, 2.45) is 11.5 Å². The predicted molar refractivity (Wildman–Crippen MR) is 145 cm³/mol. The summed E-state index contributed by atoms with van der Waals surface area (Å²) in [5.41, 5.74) is 11.8. The number of ether oxygens (including phenoxy) is 2. The monoisotopic (exact) mass is 622 g/mol. The largest absolute Gasteiger partial charge is 0.419 e. The van der Waals surface area contributed by atoms with Gasteiger partial charge in [0, 0.05) is 14.5 Å². The molecule has 4 aliphatic heterocycles. The van der Waals surface area contributed by atoms with Crippen LogP contribution in [0.15, 0.2) is 12.1 Å². The number of carbonyl (C=O) groups excluding carboxylic acids is 4. The van der Waals surface area contributed by atoms with E-state index in [1.807, 2.05) is 0 Å². The van der Waals surface area contributed by atoms with Crippen LogP contribution in [-0.2, 0) is 28.7 Å². The zero-order valence-corrected chi connectivity index (χ0v) is 24.5. The quantitative estimate of drug-likeness (QED) is 0.285. The molecule has 15 heteroatoms. The first-order valence-electron chi connectivity index (χ1n) is 11.6. The highest BCUT2D eigenvalue weighted by Crippen LogP contribution is 2.52. The third-order valence-electron chi connectivity index (χ3n) is 7.14. The third kappa shape index (κ3) is 4.18. The van der Waals surface area contributed by atoms with E-state index in [9.17, 15) is 19.2 Å². The Labute approximate surface area is 242 Å². The van der Waals surface area contributed by atoms with Crippen LogP contribution in [0.5, 0.6) is 0 Å². The Hall–Kier alpha value is -1.41. The molecule has 5 rings (SSSR count). The van der Waals surface area contributed by atoms with Crippen molar-refractivity contribution in [3.05, 3.63) is 32.8 Å². The van der Waals surface area contributed by atoms with E-state index < -0.39 is 51.9 Å². The van der Waals surface area contributed by atoms with E-state index >= 15 is 0 Å². The van der Waals surface area contributed by atoms with Gasteiger partial charge in [-0.2, -0.15) is 0 Å². The first-order chi connectivity index (χ1) is 17.6. The number of hydrogen-bond donors (Lipinski definition) is 2. The van der Waals surface area contributed by atoms with E-state index in [0.29, 0.717) is 0 Å². The molecular formula is C23H25Cl3N4O6S2. The summed E-state index contributed by atoms with van der Waals surface area (Å²) >= 11 is 21.7. The molecule has 1 aromatic carbocycles. The maximum Gasteiger partial charge on any atom is 0.333 e. The van der Waals surface area contributed by atoms with Crippen molar-refractivity contribution < 1.29 is 28.7 Å². The lowest BCUT2D eigenvalue weighted by Crippen LogP contribution is -2.69. The molecule has 0 aliphatic carbocycles. The number of nitrogens with zero attached hydrogens (tertiary/aromatic N) is 2. The van der Waals surface area contributed by atoms with Gasteiger partial charge in [-0.25, -0.2) is 9.59 Å². The zero-order valence-electron chi connectivity index (χ0n) is 20.6. The van der Waals surface area contributed by atoms with Crippen molar-refractivity contribution in [1.82, 2.24) is 9.80 Å². The lowest BCUT2D eigenvalue weighted by molar-refractivity contribution is -0.201. The van der Waals surface area contributed by atoms with Gasteiger partial charge in [0.25, 0.3) is 6.29 Å². The van der Waals surface area contributed by atoms with Gasteiger partial charge < -0.3 is 30.7 Å². The summed E-state index contributed by atoms with van der Waals surface area (Å²) in [4.78, 5) is 54.9. The number of halogens is 3. The zero-order chi connectivity index (χ0) is 28.1. The van der Waals surface area contributed by atoms with Gasteiger partial charge >= 0.3 is 11.9 Å². The first-order valence-corrected chi connectivity index (χ1v) is 14.5. The molecule has 0 aromatic heterocycles. The maximum atomic E-state index is 13.6. The summed E-state index contributed by atoms with van der Waals surface area (Å²) in [5, 5.41) is -0.559. The Morgan fingerprint density at radius 2 is 1.21 bits per heavy atom. The second kappa shape index (κ2) is 9.32. The van der Waals surface area contributed by atoms with Crippen LogP contribution in [0.1, 0.15) is 39.5 Å². The number of carbonyl (C=O) groups is 4. The average Bonchev–Trinajstić information content (AvgIpc) is 3.23. The number of nitrogens with two attached hydrogens (primary N) is 2. The molecule has 0 spiro atoms. The van der Waals surface area contributed by atoms with Crippen LogP contribution < -0.4 is 11.5 Å². The van der Waals surface area contributed by atoms with E-state index in [2.05, 4.69) is 0 Å². The Morgan fingerprint density at radius 1 is 0.842 bits per heavy atom. The number of benzene rings is 1. The summed E-state index contributed by atoms with van der Waals surface area (Å²) in [5.74, 6) is -2.42. The van der Waals surface area contributed by atoms with Gasteiger partial charge in [-0.15, -0.1) is 23.5 Å². The number of β-lactam (4-membered cyclic amide) rings is 2. The average molecular weight is 624 g/mol. The van der Waals surface area contributed by atoms with Crippen LogP contribution in [0.2, 0.25) is 15.1 Å². The number of hydrogen-bond acceptors (Lipinski definition) is 10. The van der Waals surface area contributed by atoms with Crippen LogP contribution in [0.3, 0.4) is 0 Å². The molecule has 4 N–H and O–H groups in total. The number of fused-ring (bicyclic) bond motifs is 2. The maximum absolute atomic E-state index is 13.6. The van der Waals surface area contributed by atoms with Crippen LogP contribution >= 0.6 is 58.3 Å². The fraction of sp³-hybridized carbons (Fsp3) is 0.565. The summed E-state index contributed by atoms with van der Waals surface area (Å²) in [7, 11) is 0. The van der Waals surface area contributed by atoms with Crippen molar-refractivity contribution >= 4 is 82.1 Å². The van der Waals surface area contributed by atoms with Crippen molar-refractivity contribution in [3.8, 4) is 0 Å². The first kappa shape index (κ1) is 28.1. The molecule has 0 bridgehead atoms. The lowest BCUT2D eigenvalue weighted by Gasteiger charge is -2.42. The number of thioether (sulfide) groups is 2. The molecule has 6 atom stereocenters. The Bertz CT molecular complexity index is 1180. The van der Waals surface area contributed by atoms with E-state index in [4.69, 9.17) is 55.7 Å². The summed E-state index contributed by atoms with van der Waals surface area (Å²) in [6.07, 6.45) is -1.69. The van der Waals surface area contributed by atoms with Crippen molar-refractivity contribution in [3.63, 3.8) is 0 Å².